The molecule has 0 spiro atoms. The van der Waals surface area contributed by atoms with E-state index < -0.39 is 5.97 Å². The maximum atomic E-state index is 12.3. The molecule has 6 nitrogen and oxygen atoms in total. The van der Waals surface area contributed by atoms with Gasteiger partial charge in [0.2, 0.25) is 5.88 Å². The molecule has 0 aliphatic heterocycles. The fourth-order valence-electron chi connectivity index (χ4n) is 3.57. The molecule has 7 heteroatoms. The van der Waals surface area contributed by atoms with Crippen LogP contribution in [0.2, 0.25) is 0 Å². The molecule has 0 radical (unpaired) electrons. The summed E-state index contributed by atoms with van der Waals surface area (Å²) in [6, 6.07) is 9.65. The zero-order chi connectivity index (χ0) is 21.8. The number of aliphatic hydroxyl groups is 1. The molecule has 0 fully saturated rings. The molecule has 2 N–H and O–H groups in total. The number of hydrogen-bond acceptors (Lipinski definition) is 6. The highest BCUT2D eigenvalue weighted by Crippen LogP contribution is 2.36. The molecule has 0 aliphatic rings. The van der Waals surface area contributed by atoms with E-state index in [1.165, 1.54) is 0 Å². The first-order valence-corrected chi connectivity index (χ1v) is 10.6. The van der Waals surface area contributed by atoms with Gasteiger partial charge in [0, 0.05) is 17.1 Å². The fourth-order valence-corrected chi connectivity index (χ4v) is 4.29. The van der Waals surface area contributed by atoms with Gasteiger partial charge in [-0.25, -0.2) is 9.78 Å². The van der Waals surface area contributed by atoms with Crippen molar-refractivity contribution < 1.29 is 19.7 Å². The molecule has 0 unspecified atom stereocenters. The Hall–Kier alpha value is -2.90. The summed E-state index contributed by atoms with van der Waals surface area (Å²) in [5.41, 5.74) is 4.05. The zero-order valence-corrected chi connectivity index (χ0v) is 18.4. The second-order valence-corrected chi connectivity index (χ2v) is 8.35. The summed E-state index contributed by atoms with van der Waals surface area (Å²) in [4.78, 5) is 19.6. The van der Waals surface area contributed by atoms with Gasteiger partial charge in [-0.3, -0.25) is 0 Å². The summed E-state index contributed by atoms with van der Waals surface area (Å²) in [5.74, 6) is -0.454. The van der Waals surface area contributed by atoms with Gasteiger partial charge in [-0.15, -0.1) is 11.3 Å². The first kappa shape index (κ1) is 21.8. The average molecular weight is 427 g/mol. The maximum Gasteiger partial charge on any atom is 0.343 e. The Morgan fingerprint density at radius 3 is 2.43 bits per heavy atom. The number of benzene rings is 1. The van der Waals surface area contributed by atoms with Crippen molar-refractivity contribution in [2.75, 3.05) is 18.1 Å². The minimum atomic E-state index is -1.12. The van der Waals surface area contributed by atoms with Crippen LogP contribution in [0.4, 0.5) is 5.69 Å². The Morgan fingerprint density at radius 1 is 1.17 bits per heavy atom. The quantitative estimate of drug-likeness (QED) is 0.535. The number of aromatic nitrogens is 1. The number of aromatic carboxylic acids is 1. The third kappa shape index (κ3) is 4.80. The summed E-state index contributed by atoms with van der Waals surface area (Å²) in [7, 11) is 0. The highest BCUT2D eigenvalue weighted by molar-refractivity contribution is 7.09. The number of carboxylic acids is 1. The van der Waals surface area contributed by atoms with E-state index >= 15 is 0 Å². The smallest absolute Gasteiger partial charge is 0.343 e. The molecule has 0 aliphatic carbocycles. The first-order chi connectivity index (χ1) is 14.3. The van der Waals surface area contributed by atoms with Crippen LogP contribution in [0.1, 0.15) is 37.6 Å². The standard InChI is InChI=1S/C23H26N2O4S/c1-14-10-15(2)21(16(3)11-14)29-22-20(23(27)28)19(12-17(4)24-22)25(7-8-26)13-18-6-5-9-30-18/h5-6,9-12,26H,7-8,13H2,1-4H3,(H,27,28). The second-order valence-electron chi connectivity index (χ2n) is 7.32. The second kappa shape index (κ2) is 9.28. The number of thiophene rings is 1. The van der Waals surface area contributed by atoms with E-state index in [9.17, 15) is 15.0 Å². The highest BCUT2D eigenvalue weighted by Gasteiger charge is 2.25. The molecular formula is C23H26N2O4S. The molecule has 2 aromatic heterocycles. The molecule has 0 saturated carbocycles. The van der Waals surface area contributed by atoms with Gasteiger partial charge in [-0.05, 0) is 56.3 Å². The minimum absolute atomic E-state index is 0.00928. The average Bonchev–Trinajstić information content (AvgIpc) is 3.16. The highest BCUT2D eigenvalue weighted by atomic mass is 32.1. The van der Waals surface area contributed by atoms with Gasteiger partial charge in [0.1, 0.15) is 11.3 Å². The molecule has 3 aromatic rings. The largest absolute Gasteiger partial charge is 0.477 e. The number of rotatable bonds is 8. The summed E-state index contributed by atoms with van der Waals surface area (Å²) in [5, 5.41) is 21.6. The Morgan fingerprint density at radius 2 is 1.87 bits per heavy atom. The van der Waals surface area contributed by atoms with Gasteiger partial charge in [-0.2, -0.15) is 0 Å². The molecule has 0 atom stereocenters. The lowest BCUT2D eigenvalue weighted by Gasteiger charge is -2.26. The van der Waals surface area contributed by atoms with Crippen LogP contribution in [0.15, 0.2) is 35.7 Å². The van der Waals surface area contributed by atoms with E-state index in [1.807, 2.05) is 55.3 Å². The normalized spacial score (nSPS) is 10.8. The monoisotopic (exact) mass is 426 g/mol. The molecular weight excluding hydrogens is 400 g/mol. The number of ether oxygens (including phenoxy) is 1. The van der Waals surface area contributed by atoms with E-state index in [4.69, 9.17) is 4.74 Å². The Bertz CT molecular complexity index is 1020. The van der Waals surface area contributed by atoms with Crippen LogP contribution in [0.5, 0.6) is 11.6 Å². The van der Waals surface area contributed by atoms with Crippen molar-refractivity contribution in [1.29, 1.82) is 0 Å². The van der Waals surface area contributed by atoms with Crippen molar-refractivity contribution in [2.24, 2.45) is 0 Å². The van der Waals surface area contributed by atoms with Gasteiger partial charge in [0.05, 0.1) is 18.8 Å². The van der Waals surface area contributed by atoms with E-state index in [0.29, 0.717) is 30.2 Å². The summed E-state index contributed by atoms with van der Waals surface area (Å²) in [6.45, 7) is 8.36. The number of carbonyl (C=O) groups is 1. The lowest BCUT2D eigenvalue weighted by Crippen LogP contribution is -2.28. The van der Waals surface area contributed by atoms with Crippen molar-refractivity contribution >= 4 is 23.0 Å². The fraction of sp³-hybridized carbons (Fsp3) is 0.304. The van der Waals surface area contributed by atoms with Crippen molar-refractivity contribution in [3.05, 3.63) is 68.5 Å². The number of hydrogen-bond donors (Lipinski definition) is 2. The predicted molar refractivity (Wildman–Crippen MR) is 119 cm³/mol. The van der Waals surface area contributed by atoms with E-state index in [-0.39, 0.29) is 18.1 Å². The molecule has 3 rings (SSSR count). The summed E-state index contributed by atoms with van der Waals surface area (Å²) >= 11 is 1.58. The molecule has 1 aromatic carbocycles. The number of pyridine rings is 1. The van der Waals surface area contributed by atoms with Crippen LogP contribution >= 0.6 is 11.3 Å². The molecule has 2 heterocycles. The topological polar surface area (TPSA) is 82.9 Å². The Labute approximate surface area is 180 Å². The van der Waals surface area contributed by atoms with Gasteiger partial charge >= 0.3 is 5.97 Å². The van der Waals surface area contributed by atoms with E-state index in [2.05, 4.69) is 4.98 Å². The Kier molecular flexibility index (Phi) is 6.74. The van der Waals surface area contributed by atoms with Gasteiger partial charge < -0.3 is 19.8 Å². The van der Waals surface area contributed by atoms with Crippen LogP contribution in [-0.2, 0) is 6.54 Å². The van der Waals surface area contributed by atoms with Crippen molar-refractivity contribution in [1.82, 2.24) is 4.98 Å². The Balaban J connectivity index is 2.11. The van der Waals surface area contributed by atoms with Crippen LogP contribution in [0, 0.1) is 27.7 Å². The zero-order valence-electron chi connectivity index (χ0n) is 17.6. The number of carboxylic acid groups (broad SMARTS) is 1. The number of aliphatic hydroxyl groups excluding tert-OH is 1. The lowest BCUT2D eigenvalue weighted by molar-refractivity contribution is 0.0693. The van der Waals surface area contributed by atoms with Gasteiger partial charge in [0.15, 0.2) is 0 Å². The minimum Gasteiger partial charge on any atom is -0.477 e. The molecule has 158 valence electrons. The van der Waals surface area contributed by atoms with Crippen molar-refractivity contribution in [3.63, 3.8) is 0 Å². The van der Waals surface area contributed by atoms with Crippen LogP contribution in [0.3, 0.4) is 0 Å². The lowest BCUT2D eigenvalue weighted by atomic mass is 10.1. The molecule has 30 heavy (non-hydrogen) atoms. The first-order valence-electron chi connectivity index (χ1n) is 9.69. The number of anilines is 1. The molecule has 0 amide bonds. The summed E-state index contributed by atoms with van der Waals surface area (Å²) in [6.07, 6.45) is 0. The number of nitrogens with zero attached hydrogens (tertiary/aromatic N) is 2. The van der Waals surface area contributed by atoms with Crippen LogP contribution < -0.4 is 9.64 Å². The molecule has 0 bridgehead atoms. The summed E-state index contributed by atoms with van der Waals surface area (Å²) < 4.78 is 6.09. The van der Waals surface area contributed by atoms with Gasteiger partial charge in [0.25, 0.3) is 0 Å². The van der Waals surface area contributed by atoms with Crippen LogP contribution in [0.25, 0.3) is 0 Å². The van der Waals surface area contributed by atoms with E-state index in [1.54, 1.807) is 24.3 Å². The predicted octanol–water partition coefficient (Wildman–Crippen LogP) is 4.87. The third-order valence-corrected chi connectivity index (χ3v) is 5.61. The maximum absolute atomic E-state index is 12.3. The number of aryl methyl sites for hydroxylation is 4. The van der Waals surface area contributed by atoms with Crippen molar-refractivity contribution in [3.8, 4) is 11.6 Å². The SMILES string of the molecule is Cc1cc(C)c(Oc2nc(C)cc(N(CCO)Cc3cccs3)c2C(=O)O)c(C)c1. The van der Waals surface area contributed by atoms with Gasteiger partial charge in [-0.1, -0.05) is 23.8 Å². The van der Waals surface area contributed by atoms with Crippen molar-refractivity contribution in [2.45, 2.75) is 34.2 Å². The third-order valence-electron chi connectivity index (χ3n) is 4.75. The molecule has 0 saturated heterocycles. The van der Waals surface area contributed by atoms with E-state index in [0.717, 1.165) is 21.6 Å². The van der Waals surface area contributed by atoms with Crippen LogP contribution in [-0.4, -0.2) is 34.3 Å².